The van der Waals surface area contributed by atoms with Crippen molar-refractivity contribution in [1.82, 2.24) is 24.3 Å². The van der Waals surface area contributed by atoms with Gasteiger partial charge in [-0.05, 0) is 18.1 Å². The number of amides is 1. The molecule has 1 aromatic carbocycles. The second kappa shape index (κ2) is 7.63. The molecule has 8 nitrogen and oxygen atoms in total. The molecule has 150 valence electrons. The van der Waals surface area contributed by atoms with E-state index in [-0.39, 0.29) is 23.0 Å². The fourth-order valence-electron chi connectivity index (χ4n) is 3.79. The molecule has 3 heterocycles. The van der Waals surface area contributed by atoms with Gasteiger partial charge in [0.15, 0.2) is 0 Å². The van der Waals surface area contributed by atoms with Crippen LogP contribution in [0.4, 0.5) is 0 Å². The second-order valence-electron chi connectivity index (χ2n) is 7.48. The normalized spacial score (nSPS) is 17.0. The van der Waals surface area contributed by atoms with Crippen molar-refractivity contribution in [3.8, 4) is 0 Å². The van der Waals surface area contributed by atoms with Gasteiger partial charge in [-0.25, -0.2) is 9.78 Å². The summed E-state index contributed by atoms with van der Waals surface area (Å²) >= 11 is 0. The van der Waals surface area contributed by atoms with Crippen LogP contribution in [0.25, 0.3) is 11.0 Å². The molecule has 4 rings (SSSR count). The van der Waals surface area contributed by atoms with E-state index in [1.807, 2.05) is 18.2 Å². The number of pyridine rings is 1. The highest BCUT2D eigenvalue weighted by Crippen LogP contribution is 2.14. The number of aryl methyl sites for hydroxylation is 1. The summed E-state index contributed by atoms with van der Waals surface area (Å²) in [4.78, 5) is 43.6. The van der Waals surface area contributed by atoms with Gasteiger partial charge in [-0.2, -0.15) is 0 Å². The molecule has 1 amide bonds. The predicted octanol–water partition coefficient (Wildman–Crippen LogP) is 0.636. The van der Waals surface area contributed by atoms with Crippen LogP contribution in [0.5, 0.6) is 0 Å². The minimum atomic E-state index is -0.458. The van der Waals surface area contributed by atoms with Crippen molar-refractivity contribution in [2.24, 2.45) is 14.1 Å². The summed E-state index contributed by atoms with van der Waals surface area (Å²) in [5.74, 6) is -0.262. The van der Waals surface area contributed by atoms with Crippen molar-refractivity contribution in [2.45, 2.75) is 19.0 Å². The molecule has 8 heteroatoms. The molecule has 0 saturated carbocycles. The number of carbonyl (C=O) groups is 1. The van der Waals surface area contributed by atoms with E-state index in [9.17, 15) is 14.4 Å². The van der Waals surface area contributed by atoms with Crippen LogP contribution in [-0.2, 0) is 20.6 Å². The maximum Gasteiger partial charge on any atom is 0.332 e. The maximum atomic E-state index is 12.7. The molecule has 1 fully saturated rings. The number of nitrogens with one attached hydrogen (secondary N) is 1. The number of fused-ring (bicyclic) bond motifs is 1. The second-order valence-corrected chi connectivity index (χ2v) is 7.48. The standard InChI is InChI=1S/C21H23N5O3/c1-24-18-17(20(28)25(2)21(24)29)10-15(11-22-18)19(27)23-16-8-9-26(13-16)12-14-6-4-3-5-7-14/h3-7,10-11,16H,8-9,12-13H2,1-2H3,(H,23,27). The fraction of sp³-hybridized carbons (Fsp3) is 0.333. The number of aromatic nitrogens is 3. The van der Waals surface area contributed by atoms with Gasteiger partial charge in [0.05, 0.1) is 10.9 Å². The molecular weight excluding hydrogens is 370 g/mol. The lowest BCUT2D eigenvalue weighted by Gasteiger charge is -2.17. The first-order chi connectivity index (χ1) is 13.9. The van der Waals surface area contributed by atoms with E-state index in [4.69, 9.17) is 0 Å². The van der Waals surface area contributed by atoms with Gasteiger partial charge in [0.2, 0.25) is 0 Å². The van der Waals surface area contributed by atoms with Crippen LogP contribution in [0.3, 0.4) is 0 Å². The average molecular weight is 393 g/mol. The number of hydrogen-bond acceptors (Lipinski definition) is 5. The van der Waals surface area contributed by atoms with Crippen LogP contribution in [0.15, 0.2) is 52.2 Å². The Kier molecular flexibility index (Phi) is 5.02. The monoisotopic (exact) mass is 393 g/mol. The van der Waals surface area contributed by atoms with E-state index in [0.717, 1.165) is 30.6 Å². The quantitative estimate of drug-likeness (QED) is 0.703. The summed E-state index contributed by atoms with van der Waals surface area (Å²) < 4.78 is 2.32. The number of nitrogens with zero attached hydrogens (tertiary/aromatic N) is 4. The van der Waals surface area contributed by atoms with Gasteiger partial charge in [-0.3, -0.25) is 23.6 Å². The number of carbonyl (C=O) groups excluding carboxylic acids is 1. The van der Waals surface area contributed by atoms with Crippen LogP contribution < -0.4 is 16.6 Å². The largest absolute Gasteiger partial charge is 0.348 e. The Morgan fingerprint density at radius 2 is 1.93 bits per heavy atom. The lowest BCUT2D eigenvalue weighted by Crippen LogP contribution is -2.38. The first-order valence-electron chi connectivity index (χ1n) is 9.57. The molecule has 29 heavy (non-hydrogen) atoms. The van der Waals surface area contributed by atoms with Gasteiger partial charge in [0.1, 0.15) is 5.65 Å². The summed E-state index contributed by atoms with van der Waals surface area (Å²) in [6.07, 6.45) is 2.28. The average Bonchev–Trinajstić information content (AvgIpc) is 3.17. The zero-order valence-electron chi connectivity index (χ0n) is 16.5. The Morgan fingerprint density at radius 1 is 1.17 bits per heavy atom. The van der Waals surface area contributed by atoms with E-state index >= 15 is 0 Å². The van der Waals surface area contributed by atoms with Crippen LogP contribution in [-0.4, -0.2) is 44.1 Å². The summed E-state index contributed by atoms with van der Waals surface area (Å²) in [5.41, 5.74) is 0.927. The topological polar surface area (TPSA) is 89.2 Å². The molecule has 0 radical (unpaired) electrons. The molecule has 1 aliphatic rings. The number of likely N-dealkylation sites (tertiary alicyclic amines) is 1. The van der Waals surface area contributed by atoms with E-state index in [1.165, 1.54) is 29.4 Å². The minimum absolute atomic E-state index is 0.0462. The highest BCUT2D eigenvalue weighted by atomic mass is 16.2. The Labute approximate surface area is 167 Å². The molecule has 0 bridgehead atoms. The van der Waals surface area contributed by atoms with Gasteiger partial charge < -0.3 is 5.32 Å². The Morgan fingerprint density at radius 3 is 2.69 bits per heavy atom. The van der Waals surface area contributed by atoms with Crippen molar-refractivity contribution in [3.63, 3.8) is 0 Å². The van der Waals surface area contributed by atoms with Gasteiger partial charge >= 0.3 is 5.69 Å². The zero-order valence-corrected chi connectivity index (χ0v) is 16.5. The third-order valence-corrected chi connectivity index (χ3v) is 5.41. The molecule has 1 unspecified atom stereocenters. The minimum Gasteiger partial charge on any atom is -0.348 e. The highest BCUT2D eigenvalue weighted by Gasteiger charge is 2.24. The van der Waals surface area contributed by atoms with Gasteiger partial charge in [0, 0.05) is 46.0 Å². The van der Waals surface area contributed by atoms with E-state index in [1.54, 1.807) is 7.05 Å². The van der Waals surface area contributed by atoms with Crippen molar-refractivity contribution in [1.29, 1.82) is 0 Å². The van der Waals surface area contributed by atoms with Crippen molar-refractivity contribution in [2.75, 3.05) is 13.1 Å². The Balaban J connectivity index is 1.48. The van der Waals surface area contributed by atoms with Crippen LogP contribution in [0.1, 0.15) is 22.3 Å². The summed E-state index contributed by atoms with van der Waals surface area (Å²) in [6, 6.07) is 11.8. The van der Waals surface area contributed by atoms with Crippen molar-refractivity contribution >= 4 is 16.9 Å². The predicted molar refractivity (Wildman–Crippen MR) is 110 cm³/mol. The third kappa shape index (κ3) is 3.71. The summed E-state index contributed by atoms with van der Waals surface area (Å²) in [5, 5.41) is 3.29. The van der Waals surface area contributed by atoms with E-state index in [2.05, 4.69) is 27.3 Å². The first kappa shape index (κ1) is 19.1. The molecular formula is C21H23N5O3. The van der Waals surface area contributed by atoms with Crippen LogP contribution in [0.2, 0.25) is 0 Å². The molecule has 1 aliphatic heterocycles. The molecule has 1 atom stereocenters. The first-order valence-corrected chi connectivity index (χ1v) is 9.57. The van der Waals surface area contributed by atoms with E-state index in [0.29, 0.717) is 5.56 Å². The number of hydrogen-bond donors (Lipinski definition) is 1. The maximum absolute atomic E-state index is 12.7. The number of rotatable bonds is 4. The fourth-order valence-corrected chi connectivity index (χ4v) is 3.79. The highest BCUT2D eigenvalue weighted by molar-refractivity contribution is 5.96. The third-order valence-electron chi connectivity index (χ3n) is 5.41. The van der Waals surface area contributed by atoms with Gasteiger partial charge in [0.25, 0.3) is 11.5 Å². The molecule has 1 saturated heterocycles. The Bertz CT molecular complexity index is 1180. The van der Waals surface area contributed by atoms with Crippen LogP contribution >= 0.6 is 0 Å². The lowest BCUT2D eigenvalue weighted by atomic mass is 10.2. The summed E-state index contributed by atoms with van der Waals surface area (Å²) in [6.45, 7) is 2.55. The lowest BCUT2D eigenvalue weighted by molar-refractivity contribution is 0.0937. The van der Waals surface area contributed by atoms with Gasteiger partial charge in [-0.15, -0.1) is 0 Å². The van der Waals surface area contributed by atoms with Crippen molar-refractivity contribution in [3.05, 3.63) is 74.6 Å². The van der Waals surface area contributed by atoms with E-state index < -0.39 is 11.2 Å². The SMILES string of the molecule is Cn1c(=O)c2cc(C(=O)NC3CCN(Cc4ccccc4)C3)cnc2n(C)c1=O. The summed E-state index contributed by atoms with van der Waals surface area (Å²) in [7, 11) is 2.97. The Hall–Kier alpha value is -3.26. The van der Waals surface area contributed by atoms with Gasteiger partial charge in [-0.1, -0.05) is 30.3 Å². The zero-order chi connectivity index (χ0) is 20.5. The van der Waals surface area contributed by atoms with Crippen LogP contribution in [0, 0.1) is 0 Å². The molecule has 1 N–H and O–H groups in total. The molecule has 0 aliphatic carbocycles. The van der Waals surface area contributed by atoms with Crippen molar-refractivity contribution < 1.29 is 4.79 Å². The molecule has 2 aromatic heterocycles. The number of benzene rings is 1. The molecule has 0 spiro atoms. The molecule has 3 aromatic rings. The smallest absolute Gasteiger partial charge is 0.332 e.